The van der Waals surface area contributed by atoms with E-state index >= 15 is 0 Å². The average molecular weight is 456 g/mol. The summed E-state index contributed by atoms with van der Waals surface area (Å²) in [7, 11) is 0. The van der Waals surface area contributed by atoms with Gasteiger partial charge < -0.3 is 14.4 Å². The number of halogens is 1. The number of ketones is 1. The second-order valence-corrected chi connectivity index (χ2v) is 9.47. The maximum absolute atomic E-state index is 12.7. The van der Waals surface area contributed by atoms with Crippen LogP contribution in [-0.2, 0) is 4.79 Å². The SMILES string of the molecule is Cc1ccc2c(c1)C(=O)CC1(CCN(C(=O)CCCOc3cc(C)c(Cl)c(C)c3)CC1)O2. The van der Waals surface area contributed by atoms with Crippen molar-refractivity contribution >= 4 is 23.3 Å². The van der Waals surface area contributed by atoms with Crippen molar-refractivity contribution in [1.29, 1.82) is 0 Å². The molecule has 0 atom stereocenters. The Morgan fingerprint density at radius 3 is 2.50 bits per heavy atom. The Balaban J connectivity index is 1.25. The minimum Gasteiger partial charge on any atom is -0.494 e. The first-order valence-corrected chi connectivity index (χ1v) is 11.6. The Labute approximate surface area is 194 Å². The van der Waals surface area contributed by atoms with Crippen LogP contribution in [0.15, 0.2) is 30.3 Å². The number of amides is 1. The third kappa shape index (κ3) is 4.78. The first-order chi connectivity index (χ1) is 15.3. The highest BCUT2D eigenvalue weighted by atomic mass is 35.5. The van der Waals surface area contributed by atoms with Gasteiger partial charge in [0.05, 0.1) is 18.6 Å². The van der Waals surface area contributed by atoms with Gasteiger partial charge >= 0.3 is 0 Å². The number of aryl methyl sites for hydroxylation is 3. The van der Waals surface area contributed by atoms with Crippen LogP contribution < -0.4 is 9.47 Å². The number of likely N-dealkylation sites (tertiary alicyclic amines) is 1. The molecule has 0 aromatic heterocycles. The van der Waals surface area contributed by atoms with Gasteiger partial charge in [0.2, 0.25) is 5.91 Å². The van der Waals surface area contributed by atoms with Crippen LogP contribution in [0, 0.1) is 20.8 Å². The summed E-state index contributed by atoms with van der Waals surface area (Å²) in [6.45, 7) is 7.60. The standard InChI is InChI=1S/C26H30ClNO4/c1-17-6-7-23-21(13-17)22(29)16-26(32-23)8-10-28(11-9-26)24(30)5-4-12-31-20-14-18(2)25(27)19(3)15-20/h6-7,13-15H,4-5,8-12,16H2,1-3H3. The minimum atomic E-state index is -0.483. The number of carbonyl (C=O) groups excluding carboxylic acids is 2. The van der Waals surface area contributed by atoms with Crippen molar-refractivity contribution < 1.29 is 19.1 Å². The van der Waals surface area contributed by atoms with Gasteiger partial charge in [0.25, 0.3) is 0 Å². The van der Waals surface area contributed by atoms with Crippen LogP contribution in [0.3, 0.4) is 0 Å². The molecule has 0 N–H and O–H groups in total. The number of Topliss-reactive ketones (excluding diaryl/α,β-unsaturated/α-hetero) is 1. The van der Waals surface area contributed by atoms with Gasteiger partial charge in [-0.3, -0.25) is 9.59 Å². The van der Waals surface area contributed by atoms with Gasteiger partial charge in [0, 0.05) is 37.4 Å². The quantitative estimate of drug-likeness (QED) is 0.562. The van der Waals surface area contributed by atoms with Gasteiger partial charge in [0.15, 0.2) is 5.78 Å². The molecule has 5 nitrogen and oxygen atoms in total. The van der Waals surface area contributed by atoms with Crippen LogP contribution in [0.5, 0.6) is 11.5 Å². The summed E-state index contributed by atoms with van der Waals surface area (Å²) >= 11 is 6.20. The molecule has 0 saturated carbocycles. The van der Waals surface area contributed by atoms with Crippen molar-refractivity contribution in [2.24, 2.45) is 0 Å². The van der Waals surface area contributed by atoms with Crippen molar-refractivity contribution in [3.05, 3.63) is 57.6 Å². The van der Waals surface area contributed by atoms with E-state index in [4.69, 9.17) is 21.1 Å². The fourth-order valence-electron chi connectivity index (χ4n) is 4.61. The highest BCUT2D eigenvalue weighted by Crippen LogP contribution is 2.39. The summed E-state index contributed by atoms with van der Waals surface area (Å²) in [4.78, 5) is 27.3. The van der Waals surface area contributed by atoms with E-state index in [1.54, 1.807) is 0 Å². The number of ether oxygens (including phenoxy) is 2. The lowest BCUT2D eigenvalue weighted by molar-refractivity contribution is -0.135. The highest BCUT2D eigenvalue weighted by molar-refractivity contribution is 6.32. The van der Waals surface area contributed by atoms with Crippen molar-refractivity contribution in [2.45, 2.75) is 58.5 Å². The Morgan fingerprint density at radius 1 is 1.12 bits per heavy atom. The normalized spacial score (nSPS) is 17.1. The molecule has 170 valence electrons. The number of hydrogen-bond acceptors (Lipinski definition) is 4. The van der Waals surface area contributed by atoms with E-state index in [1.807, 2.05) is 56.0 Å². The van der Waals surface area contributed by atoms with Crippen LogP contribution in [0.1, 0.15) is 59.2 Å². The third-order valence-electron chi connectivity index (χ3n) is 6.49. The second-order valence-electron chi connectivity index (χ2n) is 9.09. The molecule has 6 heteroatoms. The van der Waals surface area contributed by atoms with E-state index in [-0.39, 0.29) is 11.7 Å². The number of hydrogen-bond donors (Lipinski definition) is 0. The Bertz CT molecular complexity index is 1020. The molecule has 1 fully saturated rings. The topological polar surface area (TPSA) is 55.8 Å². The summed E-state index contributed by atoms with van der Waals surface area (Å²) in [6.07, 6.45) is 2.85. The molecule has 1 saturated heterocycles. The number of fused-ring (bicyclic) bond motifs is 1. The molecule has 2 aromatic carbocycles. The minimum absolute atomic E-state index is 0.130. The van der Waals surface area contributed by atoms with E-state index in [2.05, 4.69) is 0 Å². The Morgan fingerprint density at radius 2 is 1.81 bits per heavy atom. The lowest BCUT2D eigenvalue weighted by Gasteiger charge is -2.44. The van der Waals surface area contributed by atoms with Crippen molar-refractivity contribution in [3.63, 3.8) is 0 Å². The van der Waals surface area contributed by atoms with E-state index in [0.29, 0.717) is 63.1 Å². The van der Waals surface area contributed by atoms with Gasteiger partial charge in [-0.15, -0.1) is 0 Å². The van der Waals surface area contributed by atoms with Crippen LogP contribution in [0.4, 0.5) is 0 Å². The molecule has 32 heavy (non-hydrogen) atoms. The number of rotatable bonds is 5. The molecule has 1 spiro atoms. The fourth-order valence-corrected chi connectivity index (χ4v) is 4.72. The van der Waals surface area contributed by atoms with Gasteiger partial charge in [-0.05, 0) is 62.6 Å². The van der Waals surface area contributed by atoms with Crippen LogP contribution in [-0.4, -0.2) is 41.9 Å². The predicted octanol–water partition coefficient (Wildman–Crippen LogP) is 5.45. The molecule has 0 aliphatic carbocycles. The molecule has 0 radical (unpaired) electrons. The third-order valence-corrected chi connectivity index (χ3v) is 7.08. The molecule has 4 rings (SSSR count). The fraction of sp³-hybridized carbons (Fsp3) is 0.462. The van der Waals surface area contributed by atoms with Gasteiger partial charge in [-0.1, -0.05) is 23.2 Å². The van der Waals surface area contributed by atoms with Crippen molar-refractivity contribution in [1.82, 2.24) is 4.90 Å². The van der Waals surface area contributed by atoms with E-state index in [1.165, 1.54) is 0 Å². The molecule has 2 aliphatic heterocycles. The van der Waals surface area contributed by atoms with Gasteiger partial charge in [-0.2, -0.15) is 0 Å². The Kier molecular flexibility index (Phi) is 6.47. The van der Waals surface area contributed by atoms with Crippen molar-refractivity contribution in [3.8, 4) is 11.5 Å². The summed E-state index contributed by atoms with van der Waals surface area (Å²) in [5.74, 6) is 1.73. The lowest BCUT2D eigenvalue weighted by atomic mass is 9.82. The van der Waals surface area contributed by atoms with Crippen LogP contribution in [0.25, 0.3) is 0 Å². The smallest absolute Gasteiger partial charge is 0.222 e. The van der Waals surface area contributed by atoms with Gasteiger partial charge in [0.1, 0.15) is 17.1 Å². The summed E-state index contributed by atoms with van der Waals surface area (Å²) in [5, 5.41) is 0.762. The zero-order valence-electron chi connectivity index (χ0n) is 19.0. The highest BCUT2D eigenvalue weighted by Gasteiger charge is 2.43. The molecule has 2 aromatic rings. The maximum atomic E-state index is 12.7. The summed E-state index contributed by atoms with van der Waals surface area (Å²) < 4.78 is 12.1. The van der Waals surface area contributed by atoms with E-state index in [9.17, 15) is 9.59 Å². The monoisotopic (exact) mass is 455 g/mol. The molecule has 0 unspecified atom stereocenters. The molecular formula is C26H30ClNO4. The van der Waals surface area contributed by atoms with E-state index < -0.39 is 5.60 Å². The largest absolute Gasteiger partial charge is 0.494 e. The zero-order chi connectivity index (χ0) is 22.9. The van der Waals surface area contributed by atoms with E-state index in [0.717, 1.165) is 27.5 Å². The molecule has 2 aliphatic rings. The summed E-state index contributed by atoms with van der Waals surface area (Å²) in [5.41, 5.74) is 3.23. The predicted molar refractivity (Wildman–Crippen MR) is 125 cm³/mol. The van der Waals surface area contributed by atoms with Crippen LogP contribution >= 0.6 is 11.6 Å². The van der Waals surface area contributed by atoms with Crippen LogP contribution in [0.2, 0.25) is 5.02 Å². The maximum Gasteiger partial charge on any atom is 0.222 e. The first kappa shape index (κ1) is 22.7. The first-order valence-electron chi connectivity index (χ1n) is 11.3. The summed E-state index contributed by atoms with van der Waals surface area (Å²) in [6, 6.07) is 9.61. The molecular weight excluding hydrogens is 426 g/mol. The number of nitrogens with zero attached hydrogens (tertiary/aromatic N) is 1. The molecule has 0 bridgehead atoms. The molecule has 1 amide bonds. The second kappa shape index (κ2) is 9.14. The number of benzene rings is 2. The number of carbonyl (C=O) groups is 2. The number of piperidine rings is 1. The van der Waals surface area contributed by atoms with Crippen molar-refractivity contribution in [2.75, 3.05) is 19.7 Å². The van der Waals surface area contributed by atoms with Gasteiger partial charge in [-0.25, -0.2) is 0 Å². The average Bonchev–Trinajstić information content (AvgIpc) is 2.76. The molecule has 2 heterocycles. The zero-order valence-corrected chi connectivity index (χ0v) is 19.8. The lowest BCUT2D eigenvalue weighted by Crippen LogP contribution is -2.52. The Hall–Kier alpha value is -2.53.